The lowest BCUT2D eigenvalue weighted by molar-refractivity contribution is 0.0336. The predicted molar refractivity (Wildman–Crippen MR) is 65.4 cm³/mol. The molecular weight excluding hydrogens is 238 g/mol. The summed E-state index contributed by atoms with van der Waals surface area (Å²) in [4.78, 5) is 19.3. The second-order valence-corrected chi connectivity index (χ2v) is 4.90. The molecule has 1 fully saturated rings. The van der Waals surface area contributed by atoms with Gasteiger partial charge in [-0.05, 0) is 0 Å². The molecule has 0 N–H and O–H groups in total. The second-order valence-electron chi connectivity index (χ2n) is 4.03. The van der Waals surface area contributed by atoms with Crippen LogP contribution in [0.3, 0.4) is 0 Å². The van der Waals surface area contributed by atoms with Crippen molar-refractivity contribution in [1.29, 1.82) is 0 Å². The summed E-state index contributed by atoms with van der Waals surface area (Å²) in [5.74, 6) is 0. The third kappa shape index (κ3) is 2.24. The Kier molecular flexibility index (Phi) is 2.92. The van der Waals surface area contributed by atoms with Gasteiger partial charge in [0, 0.05) is 37.3 Å². The van der Waals surface area contributed by atoms with Crippen LogP contribution < -0.4 is 5.56 Å². The molecule has 0 unspecified atom stereocenters. The number of nitrogens with zero attached hydrogens (tertiary/aromatic N) is 3. The molecule has 2 aromatic heterocycles. The van der Waals surface area contributed by atoms with E-state index in [0.29, 0.717) is 0 Å². The van der Waals surface area contributed by atoms with E-state index in [4.69, 9.17) is 4.74 Å². The first-order valence-corrected chi connectivity index (χ1v) is 6.47. The van der Waals surface area contributed by atoms with Crippen LogP contribution >= 0.6 is 11.3 Å². The molecule has 6 heteroatoms. The van der Waals surface area contributed by atoms with E-state index in [1.54, 1.807) is 16.7 Å². The van der Waals surface area contributed by atoms with Crippen LogP contribution in [0.2, 0.25) is 0 Å². The zero-order valence-corrected chi connectivity index (χ0v) is 10.2. The minimum Gasteiger partial charge on any atom is -0.379 e. The van der Waals surface area contributed by atoms with Gasteiger partial charge >= 0.3 is 0 Å². The Balaban J connectivity index is 1.87. The van der Waals surface area contributed by atoms with Crippen molar-refractivity contribution in [3.8, 4) is 0 Å². The number of aromatic nitrogens is 2. The smallest absolute Gasteiger partial charge is 0.258 e. The maximum absolute atomic E-state index is 11.8. The molecule has 17 heavy (non-hydrogen) atoms. The van der Waals surface area contributed by atoms with Crippen LogP contribution in [-0.2, 0) is 11.3 Å². The number of morpholine rings is 1. The van der Waals surface area contributed by atoms with E-state index in [0.717, 1.165) is 43.5 Å². The Hall–Kier alpha value is -1.24. The van der Waals surface area contributed by atoms with Gasteiger partial charge in [-0.2, -0.15) is 0 Å². The van der Waals surface area contributed by atoms with Gasteiger partial charge in [-0.3, -0.25) is 14.1 Å². The molecule has 0 bridgehead atoms. The number of hydrogen-bond acceptors (Lipinski definition) is 5. The standard InChI is InChI=1S/C11H13N3O2S/c15-10-7-9(8-13-1-4-16-5-2-13)12-11-14(10)3-6-17-11/h3,6-7H,1-2,4-5,8H2. The first-order chi connectivity index (χ1) is 8.33. The SMILES string of the molecule is O=c1cc(CN2CCOCC2)nc2sccn12. The lowest BCUT2D eigenvalue weighted by Gasteiger charge is -2.25. The molecule has 0 atom stereocenters. The third-order valence-corrected chi connectivity index (χ3v) is 3.60. The first kappa shape index (κ1) is 10.9. The Morgan fingerprint density at radius 3 is 3.06 bits per heavy atom. The average molecular weight is 251 g/mol. The molecular formula is C11H13N3O2S. The van der Waals surface area contributed by atoms with E-state index in [1.807, 2.05) is 5.38 Å². The Morgan fingerprint density at radius 1 is 1.41 bits per heavy atom. The van der Waals surface area contributed by atoms with E-state index >= 15 is 0 Å². The van der Waals surface area contributed by atoms with Crippen LogP contribution in [0.5, 0.6) is 0 Å². The molecule has 0 spiro atoms. The molecule has 0 aromatic carbocycles. The van der Waals surface area contributed by atoms with Crippen LogP contribution in [0.15, 0.2) is 22.4 Å². The molecule has 0 aliphatic carbocycles. The van der Waals surface area contributed by atoms with E-state index in [9.17, 15) is 4.79 Å². The predicted octanol–water partition coefficient (Wildman–Crippen LogP) is 0.588. The average Bonchev–Trinajstić information content (AvgIpc) is 2.79. The normalized spacial score (nSPS) is 17.6. The summed E-state index contributed by atoms with van der Waals surface area (Å²) in [6.07, 6.45) is 1.76. The third-order valence-electron chi connectivity index (χ3n) is 2.85. The number of thiazole rings is 1. The lowest BCUT2D eigenvalue weighted by atomic mass is 10.3. The monoisotopic (exact) mass is 251 g/mol. The maximum Gasteiger partial charge on any atom is 0.258 e. The summed E-state index contributed by atoms with van der Waals surface area (Å²) in [5.41, 5.74) is 0.846. The highest BCUT2D eigenvalue weighted by Gasteiger charge is 2.12. The summed E-state index contributed by atoms with van der Waals surface area (Å²) in [6, 6.07) is 1.62. The highest BCUT2D eigenvalue weighted by molar-refractivity contribution is 7.15. The summed E-state index contributed by atoms with van der Waals surface area (Å²) in [6.45, 7) is 4.07. The molecule has 90 valence electrons. The Bertz CT molecular complexity index is 571. The number of hydrogen-bond donors (Lipinski definition) is 0. The number of rotatable bonds is 2. The zero-order valence-electron chi connectivity index (χ0n) is 9.33. The fourth-order valence-corrected chi connectivity index (χ4v) is 2.70. The van der Waals surface area contributed by atoms with Gasteiger partial charge in [0.2, 0.25) is 0 Å². The molecule has 5 nitrogen and oxygen atoms in total. The summed E-state index contributed by atoms with van der Waals surface area (Å²) in [5, 5.41) is 1.88. The quantitative estimate of drug-likeness (QED) is 0.783. The Morgan fingerprint density at radius 2 is 2.24 bits per heavy atom. The molecule has 1 aliphatic rings. The molecule has 0 amide bonds. The second kappa shape index (κ2) is 4.56. The van der Waals surface area contributed by atoms with Crippen LogP contribution in [0.25, 0.3) is 4.96 Å². The summed E-state index contributed by atoms with van der Waals surface area (Å²) < 4.78 is 6.87. The van der Waals surface area contributed by atoms with Gasteiger partial charge in [-0.1, -0.05) is 0 Å². The van der Waals surface area contributed by atoms with Crippen LogP contribution in [0.1, 0.15) is 5.69 Å². The Labute approximate surface area is 102 Å². The topological polar surface area (TPSA) is 46.8 Å². The fourth-order valence-electron chi connectivity index (χ4n) is 1.96. The minimum absolute atomic E-state index is 0.000454. The number of ether oxygens (including phenoxy) is 1. The first-order valence-electron chi connectivity index (χ1n) is 5.59. The highest BCUT2D eigenvalue weighted by Crippen LogP contribution is 2.09. The highest BCUT2D eigenvalue weighted by atomic mass is 32.1. The molecule has 0 radical (unpaired) electrons. The maximum atomic E-state index is 11.8. The van der Waals surface area contributed by atoms with Crippen molar-refractivity contribution in [3.63, 3.8) is 0 Å². The van der Waals surface area contributed by atoms with Crippen molar-refractivity contribution in [1.82, 2.24) is 14.3 Å². The van der Waals surface area contributed by atoms with Gasteiger partial charge in [-0.25, -0.2) is 4.98 Å². The van der Waals surface area contributed by atoms with Gasteiger partial charge in [0.1, 0.15) is 0 Å². The number of fused-ring (bicyclic) bond motifs is 1. The van der Waals surface area contributed by atoms with Crippen molar-refractivity contribution in [3.05, 3.63) is 33.7 Å². The lowest BCUT2D eigenvalue weighted by Crippen LogP contribution is -2.36. The van der Waals surface area contributed by atoms with Crippen LogP contribution in [0, 0.1) is 0 Å². The molecule has 3 rings (SSSR count). The van der Waals surface area contributed by atoms with Gasteiger partial charge in [-0.15, -0.1) is 11.3 Å². The van der Waals surface area contributed by atoms with Crippen molar-refractivity contribution in [2.24, 2.45) is 0 Å². The molecule has 2 aromatic rings. The largest absolute Gasteiger partial charge is 0.379 e. The minimum atomic E-state index is -0.000454. The molecule has 0 saturated carbocycles. The van der Waals surface area contributed by atoms with E-state index in [-0.39, 0.29) is 5.56 Å². The summed E-state index contributed by atoms with van der Waals surface area (Å²) in [7, 11) is 0. The van der Waals surface area contributed by atoms with Crippen molar-refractivity contribution >= 4 is 16.3 Å². The molecule has 3 heterocycles. The zero-order chi connectivity index (χ0) is 11.7. The molecule has 1 aliphatic heterocycles. The van der Waals surface area contributed by atoms with E-state index in [2.05, 4.69) is 9.88 Å². The van der Waals surface area contributed by atoms with Crippen molar-refractivity contribution in [2.75, 3.05) is 26.3 Å². The van der Waals surface area contributed by atoms with Crippen molar-refractivity contribution < 1.29 is 4.74 Å². The van der Waals surface area contributed by atoms with Gasteiger partial charge in [0.15, 0.2) is 4.96 Å². The van der Waals surface area contributed by atoms with Crippen LogP contribution in [-0.4, -0.2) is 40.6 Å². The van der Waals surface area contributed by atoms with Gasteiger partial charge in [0.05, 0.1) is 18.9 Å². The van der Waals surface area contributed by atoms with Crippen molar-refractivity contribution in [2.45, 2.75) is 6.54 Å². The van der Waals surface area contributed by atoms with Gasteiger partial charge in [0.25, 0.3) is 5.56 Å². The summed E-state index contributed by atoms with van der Waals surface area (Å²) >= 11 is 1.49. The van der Waals surface area contributed by atoms with Gasteiger partial charge < -0.3 is 4.74 Å². The van der Waals surface area contributed by atoms with Crippen LogP contribution in [0.4, 0.5) is 0 Å². The fraction of sp³-hybridized carbons (Fsp3) is 0.455. The molecule has 1 saturated heterocycles. The van der Waals surface area contributed by atoms with E-state index < -0.39 is 0 Å². The van der Waals surface area contributed by atoms with E-state index in [1.165, 1.54) is 11.3 Å².